The van der Waals surface area contributed by atoms with Gasteiger partial charge >= 0.3 is 5.97 Å². The summed E-state index contributed by atoms with van der Waals surface area (Å²) in [6.07, 6.45) is -0.307. The zero-order chi connectivity index (χ0) is 21.0. The fourth-order valence-corrected chi connectivity index (χ4v) is 3.35. The number of fused-ring (bicyclic) bond motifs is 1. The highest BCUT2D eigenvalue weighted by Gasteiger charge is 2.29. The van der Waals surface area contributed by atoms with Crippen LogP contribution in [0.15, 0.2) is 16.9 Å². The number of nitrogens with two attached hydrogens (primary N) is 1. The van der Waals surface area contributed by atoms with E-state index in [1.165, 1.54) is 7.11 Å². The number of benzene rings is 1. The molecule has 4 N–H and O–H groups in total. The van der Waals surface area contributed by atoms with Gasteiger partial charge in [0.15, 0.2) is 11.5 Å². The SMILES string of the molecule is CCOC(=O)Cc1[nH][nH]c(=O)c1[C@H](CC(N)=O)c1cc(OC)c2c(c1)OCCO2. The standard InChI is InChI=1S/C19H23N3O7/c1-3-27-16(24)9-12-17(19(25)22-21-12)11(8-15(20)23)10-6-13(26-2)18-14(7-10)28-4-5-29-18/h6-7,11H,3-5,8-9H2,1-2H3,(H2,20,23)(H2,21,22,25)/t11-/m1/s1. The Morgan fingerprint density at radius 1 is 1.24 bits per heavy atom. The van der Waals surface area contributed by atoms with E-state index in [4.69, 9.17) is 24.7 Å². The first-order valence-corrected chi connectivity index (χ1v) is 9.15. The van der Waals surface area contributed by atoms with Gasteiger partial charge in [-0.2, -0.15) is 0 Å². The van der Waals surface area contributed by atoms with Crippen LogP contribution in [-0.4, -0.2) is 49.0 Å². The van der Waals surface area contributed by atoms with Crippen molar-refractivity contribution in [1.82, 2.24) is 10.2 Å². The van der Waals surface area contributed by atoms with Crippen LogP contribution in [-0.2, 0) is 20.7 Å². The number of carbonyl (C=O) groups is 2. The molecule has 0 radical (unpaired) electrons. The Hall–Kier alpha value is -3.43. The van der Waals surface area contributed by atoms with Gasteiger partial charge in [0.25, 0.3) is 5.56 Å². The van der Waals surface area contributed by atoms with Crippen LogP contribution in [0.4, 0.5) is 0 Å². The van der Waals surface area contributed by atoms with E-state index in [1.54, 1.807) is 19.1 Å². The normalized spacial score (nSPS) is 13.6. The summed E-state index contributed by atoms with van der Waals surface area (Å²) < 4.78 is 21.6. The molecule has 1 amide bonds. The monoisotopic (exact) mass is 405 g/mol. The molecule has 156 valence electrons. The van der Waals surface area contributed by atoms with Crippen molar-refractivity contribution in [2.75, 3.05) is 26.9 Å². The van der Waals surface area contributed by atoms with Crippen LogP contribution in [0.25, 0.3) is 0 Å². The zero-order valence-corrected chi connectivity index (χ0v) is 16.2. The summed E-state index contributed by atoms with van der Waals surface area (Å²) in [5.74, 6) is -0.524. The van der Waals surface area contributed by atoms with Crippen LogP contribution in [0.1, 0.15) is 36.1 Å². The lowest BCUT2D eigenvalue weighted by Gasteiger charge is -2.23. The number of hydrogen-bond donors (Lipinski definition) is 3. The van der Waals surface area contributed by atoms with E-state index in [1.807, 2.05) is 0 Å². The quantitative estimate of drug-likeness (QED) is 0.545. The first-order chi connectivity index (χ1) is 13.9. The number of aromatic amines is 2. The zero-order valence-electron chi connectivity index (χ0n) is 16.2. The molecule has 1 aromatic heterocycles. The number of ether oxygens (including phenoxy) is 4. The molecule has 0 aliphatic carbocycles. The molecule has 3 rings (SSSR count). The van der Waals surface area contributed by atoms with Crippen molar-refractivity contribution in [2.24, 2.45) is 5.73 Å². The maximum absolute atomic E-state index is 12.5. The van der Waals surface area contributed by atoms with E-state index in [-0.39, 0.29) is 25.0 Å². The maximum atomic E-state index is 12.5. The number of nitrogens with one attached hydrogen (secondary N) is 2. The topological polar surface area (TPSA) is 146 Å². The summed E-state index contributed by atoms with van der Waals surface area (Å²) in [5.41, 5.74) is 6.13. The van der Waals surface area contributed by atoms with Gasteiger partial charge < -0.3 is 29.8 Å². The van der Waals surface area contributed by atoms with Gasteiger partial charge in [0.05, 0.1) is 25.8 Å². The Bertz CT molecular complexity index is 946. The molecule has 0 unspecified atom stereocenters. The minimum absolute atomic E-state index is 0.153. The molecule has 2 heterocycles. The molecule has 10 nitrogen and oxygen atoms in total. The second-order valence-electron chi connectivity index (χ2n) is 6.42. The molecule has 1 aliphatic heterocycles. The van der Waals surface area contributed by atoms with Gasteiger partial charge in [0.1, 0.15) is 13.2 Å². The highest BCUT2D eigenvalue weighted by Crippen LogP contribution is 2.43. The lowest BCUT2D eigenvalue weighted by atomic mass is 9.87. The van der Waals surface area contributed by atoms with E-state index >= 15 is 0 Å². The van der Waals surface area contributed by atoms with Crippen molar-refractivity contribution in [3.63, 3.8) is 0 Å². The van der Waals surface area contributed by atoms with Gasteiger partial charge in [-0.25, -0.2) is 0 Å². The van der Waals surface area contributed by atoms with Gasteiger partial charge in [0, 0.05) is 17.9 Å². The Kier molecular flexibility index (Phi) is 6.10. The number of H-pyrrole nitrogens is 2. The summed E-state index contributed by atoms with van der Waals surface area (Å²) in [4.78, 5) is 36.3. The van der Waals surface area contributed by atoms with E-state index < -0.39 is 23.4 Å². The largest absolute Gasteiger partial charge is 0.493 e. The molecule has 0 bridgehead atoms. The van der Waals surface area contributed by atoms with Crippen molar-refractivity contribution in [1.29, 1.82) is 0 Å². The fourth-order valence-electron chi connectivity index (χ4n) is 3.35. The van der Waals surface area contributed by atoms with Crippen molar-refractivity contribution >= 4 is 11.9 Å². The summed E-state index contributed by atoms with van der Waals surface area (Å²) in [6.45, 7) is 2.65. The van der Waals surface area contributed by atoms with Gasteiger partial charge in [-0.3, -0.25) is 19.5 Å². The summed E-state index contributed by atoms with van der Waals surface area (Å²) in [5, 5.41) is 5.17. The van der Waals surface area contributed by atoms with E-state index in [2.05, 4.69) is 10.2 Å². The molecule has 1 aromatic carbocycles. The van der Waals surface area contributed by atoms with Gasteiger partial charge in [0.2, 0.25) is 11.7 Å². The lowest BCUT2D eigenvalue weighted by molar-refractivity contribution is -0.142. The summed E-state index contributed by atoms with van der Waals surface area (Å²) in [7, 11) is 1.48. The number of amides is 1. The van der Waals surface area contributed by atoms with E-state index in [0.29, 0.717) is 41.7 Å². The summed E-state index contributed by atoms with van der Waals surface area (Å²) >= 11 is 0. The third kappa shape index (κ3) is 4.36. The molecule has 0 spiro atoms. The van der Waals surface area contributed by atoms with Crippen molar-refractivity contribution in [3.8, 4) is 17.2 Å². The second kappa shape index (κ2) is 8.72. The van der Waals surface area contributed by atoms with Crippen LogP contribution >= 0.6 is 0 Å². The lowest BCUT2D eigenvalue weighted by Crippen LogP contribution is -2.22. The fraction of sp³-hybridized carbons (Fsp3) is 0.421. The molecule has 0 saturated carbocycles. The number of hydrogen-bond acceptors (Lipinski definition) is 7. The molecule has 10 heteroatoms. The number of methoxy groups -OCH3 is 1. The van der Waals surface area contributed by atoms with Crippen molar-refractivity contribution in [3.05, 3.63) is 39.3 Å². The van der Waals surface area contributed by atoms with Gasteiger partial charge in [-0.1, -0.05) is 0 Å². The number of primary amides is 1. The smallest absolute Gasteiger partial charge is 0.311 e. The predicted molar refractivity (Wildman–Crippen MR) is 101 cm³/mol. The van der Waals surface area contributed by atoms with Crippen molar-refractivity contribution < 1.29 is 28.5 Å². The van der Waals surface area contributed by atoms with Crippen LogP contribution in [0.5, 0.6) is 17.2 Å². The summed E-state index contributed by atoms with van der Waals surface area (Å²) in [6, 6.07) is 3.35. The minimum atomic E-state index is -0.725. The molecule has 1 atom stereocenters. The molecule has 0 saturated heterocycles. The van der Waals surface area contributed by atoms with E-state index in [9.17, 15) is 14.4 Å². The molecular weight excluding hydrogens is 382 g/mol. The van der Waals surface area contributed by atoms with Crippen LogP contribution in [0.3, 0.4) is 0 Å². The Morgan fingerprint density at radius 3 is 2.69 bits per heavy atom. The Morgan fingerprint density at radius 2 is 2.00 bits per heavy atom. The average molecular weight is 405 g/mol. The molecule has 29 heavy (non-hydrogen) atoms. The number of rotatable bonds is 8. The highest BCUT2D eigenvalue weighted by atomic mass is 16.6. The first-order valence-electron chi connectivity index (χ1n) is 9.15. The van der Waals surface area contributed by atoms with Crippen molar-refractivity contribution in [2.45, 2.75) is 25.7 Å². The minimum Gasteiger partial charge on any atom is -0.493 e. The van der Waals surface area contributed by atoms with E-state index in [0.717, 1.165) is 0 Å². The molecular formula is C19H23N3O7. The predicted octanol–water partition coefficient (Wildman–Crippen LogP) is 0.596. The highest BCUT2D eigenvalue weighted by molar-refractivity contribution is 5.76. The second-order valence-corrected chi connectivity index (χ2v) is 6.42. The average Bonchev–Trinajstić information content (AvgIpc) is 3.05. The molecule has 2 aromatic rings. The van der Waals surface area contributed by atoms with Crippen LogP contribution < -0.4 is 25.5 Å². The van der Waals surface area contributed by atoms with Gasteiger partial charge in [-0.05, 0) is 24.6 Å². The number of esters is 1. The van der Waals surface area contributed by atoms with Gasteiger partial charge in [-0.15, -0.1) is 0 Å². The third-order valence-electron chi connectivity index (χ3n) is 4.53. The first kappa shape index (κ1) is 20.3. The van der Waals surface area contributed by atoms with Crippen LogP contribution in [0.2, 0.25) is 0 Å². The Balaban J connectivity index is 2.09. The number of carbonyl (C=O) groups excluding carboxylic acids is 2. The Labute approximate surface area is 166 Å². The number of aromatic nitrogens is 2. The molecule has 1 aliphatic rings. The molecule has 0 fully saturated rings. The maximum Gasteiger partial charge on any atom is 0.311 e. The van der Waals surface area contributed by atoms with Crippen LogP contribution in [0, 0.1) is 0 Å². The third-order valence-corrected chi connectivity index (χ3v) is 4.53.